The molecule has 0 spiro atoms. The number of amides is 1. The summed E-state index contributed by atoms with van der Waals surface area (Å²) in [4.78, 5) is 14.4. The highest BCUT2D eigenvalue weighted by Crippen LogP contribution is 2.45. The molecular formula is C30H24ClNO3S. The van der Waals surface area contributed by atoms with E-state index in [0.29, 0.717) is 16.3 Å². The molecule has 0 N–H and O–H groups in total. The Kier molecular flexibility index (Phi) is 6.52. The lowest BCUT2D eigenvalue weighted by Crippen LogP contribution is -2.43. The van der Waals surface area contributed by atoms with E-state index in [9.17, 15) is 13.2 Å². The van der Waals surface area contributed by atoms with Gasteiger partial charge in [0.05, 0.1) is 16.5 Å². The first-order valence-electron chi connectivity index (χ1n) is 11.6. The molecule has 180 valence electrons. The van der Waals surface area contributed by atoms with Crippen molar-refractivity contribution in [2.24, 2.45) is 0 Å². The van der Waals surface area contributed by atoms with Crippen molar-refractivity contribution >= 4 is 33.2 Å². The number of allylic oxidation sites excluding steroid dienone is 1. The van der Waals surface area contributed by atoms with Gasteiger partial charge in [-0.15, -0.1) is 0 Å². The van der Waals surface area contributed by atoms with Gasteiger partial charge in [-0.1, -0.05) is 108 Å². The van der Waals surface area contributed by atoms with Gasteiger partial charge in [-0.3, -0.25) is 4.79 Å². The molecule has 0 aromatic heterocycles. The van der Waals surface area contributed by atoms with E-state index >= 15 is 0 Å². The number of carbonyl (C=O) groups excluding carboxylic acids is 1. The summed E-state index contributed by atoms with van der Waals surface area (Å²) >= 11 is 6.15. The summed E-state index contributed by atoms with van der Waals surface area (Å²) in [6.45, 7) is 1.89. The fourth-order valence-corrected chi connectivity index (χ4v) is 6.20. The largest absolute Gasteiger partial charge is 0.273 e. The van der Waals surface area contributed by atoms with E-state index in [2.05, 4.69) is 0 Å². The lowest BCUT2D eigenvalue weighted by molar-refractivity contribution is -0.126. The van der Waals surface area contributed by atoms with Gasteiger partial charge in [0.15, 0.2) is 0 Å². The molecule has 4 aromatic carbocycles. The van der Waals surface area contributed by atoms with Gasteiger partial charge in [0, 0.05) is 10.9 Å². The fourth-order valence-electron chi connectivity index (χ4n) is 4.60. The zero-order valence-corrected chi connectivity index (χ0v) is 21.2. The highest BCUT2D eigenvalue weighted by atomic mass is 35.5. The maximum Gasteiger partial charge on any atom is 0.270 e. The van der Waals surface area contributed by atoms with Crippen LogP contribution < -0.4 is 0 Å². The van der Waals surface area contributed by atoms with Gasteiger partial charge >= 0.3 is 0 Å². The van der Waals surface area contributed by atoms with Crippen molar-refractivity contribution in [1.29, 1.82) is 0 Å². The predicted octanol–water partition coefficient (Wildman–Crippen LogP) is 6.79. The zero-order valence-electron chi connectivity index (χ0n) is 19.6. The minimum atomic E-state index is -4.18. The summed E-state index contributed by atoms with van der Waals surface area (Å²) in [7, 11) is -4.18. The van der Waals surface area contributed by atoms with Crippen molar-refractivity contribution in [3.8, 4) is 0 Å². The number of aryl methyl sites for hydroxylation is 1. The third-order valence-electron chi connectivity index (χ3n) is 6.42. The minimum Gasteiger partial charge on any atom is -0.273 e. The molecule has 0 saturated carbocycles. The molecule has 0 aliphatic carbocycles. The smallest absolute Gasteiger partial charge is 0.270 e. The second-order valence-corrected chi connectivity index (χ2v) is 11.0. The van der Waals surface area contributed by atoms with E-state index in [-0.39, 0.29) is 4.90 Å². The van der Waals surface area contributed by atoms with Crippen LogP contribution in [0.1, 0.15) is 34.1 Å². The highest BCUT2D eigenvalue weighted by Gasteiger charge is 2.44. The van der Waals surface area contributed by atoms with E-state index < -0.39 is 27.8 Å². The number of halogens is 1. The average Bonchev–Trinajstić information content (AvgIpc) is 2.89. The number of carbonyl (C=O) groups is 1. The van der Waals surface area contributed by atoms with E-state index in [4.69, 9.17) is 11.6 Å². The number of rotatable bonds is 5. The molecule has 6 heteroatoms. The molecule has 4 aromatic rings. The van der Waals surface area contributed by atoms with Crippen molar-refractivity contribution in [3.63, 3.8) is 0 Å². The van der Waals surface area contributed by atoms with Crippen LogP contribution in [0, 0.1) is 6.92 Å². The SMILES string of the molecule is Cc1ccc(S(=O)(=O)N2C(=O)[C@@H](c3ccccc3)[C@H](c3ccc(Cl)cc3)C=C2c2ccccc2)cc1. The molecule has 1 aliphatic heterocycles. The summed E-state index contributed by atoms with van der Waals surface area (Å²) in [6.07, 6.45) is 1.89. The van der Waals surface area contributed by atoms with Crippen LogP contribution in [0.2, 0.25) is 5.02 Å². The topological polar surface area (TPSA) is 54.5 Å². The Morgan fingerprint density at radius 2 is 1.31 bits per heavy atom. The van der Waals surface area contributed by atoms with Crippen LogP contribution in [0.4, 0.5) is 0 Å². The van der Waals surface area contributed by atoms with Crippen LogP contribution >= 0.6 is 11.6 Å². The summed E-state index contributed by atoms with van der Waals surface area (Å²) in [6, 6.07) is 32.4. The van der Waals surface area contributed by atoms with Crippen LogP contribution in [0.5, 0.6) is 0 Å². The van der Waals surface area contributed by atoms with Crippen LogP contribution in [0.15, 0.2) is 120 Å². The minimum absolute atomic E-state index is 0.0695. The summed E-state index contributed by atoms with van der Waals surface area (Å²) in [5, 5.41) is 0.591. The number of benzene rings is 4. The predicted molar refractivity (Wildman–Crippen MR) is 143 cm³/mol. The molecule has 0 bridgehead atoms. The molecule has 1 heterocycles. The normalized spacial score (nSPS) is 18.1. The average molecular weight is 514 g/mol. The van der Waals surface area contributed by atoms with Gasteiger partial charge in [-0.25, -0.2) is 12.7 Å². The van der Waals surface area contributed by atoms with Crippen LogP contribution in [-0.4, -0.2) is 18.6 Å². The third-order valence-corrected chi connectivity index (χ3v) is 8.40. The van der Waals surface area contributed by atoms with E-state index in [0.717, 1.165) is 21.0 Å². The molecule has 2 atom stereocenters. The Bertz CT molecular complexity index is 1520. The van der Waals surface area contributed by atoms with Crippen molar-refractivity contribution in [2.45, 2.75) is 23.7 Å². The molecule has 0 fully saturated rings. The lowest BCUT2D eigenvalue weighted by atomic mass is 9.78. The Morgan fingerprint density at radius 3 is 1.92 bits per heavy atom. The molecule has 1 aliphatic rings. The molecule has 0 unspecified atom stereocenters. The molecule has 1 amide bonds. The number of sulfonamides is 1. The molecular weight excluding hydrogens is 490 g/mol. The summed E-state index contributed by atoms with van der Waals surface area (Å²) < 4.78 is 29.0. The fraction of sp³-hybridized carbons (Fsp3) is 0.100. The molecule has 5 rings (SSSR count). The molecule has 36 heavy (non-hydrogen) atoms. The third kappa shape index (κ3) is 4.48. The van der Waals surface area contributed by atoms with Crippen LogP contribution in [0.25, 0.3) is 5.70 Å². The first-order chi connectivity index (χ1) is 17.4. The second kappa shape index (κ2) is 9.76. The Hall–Kier alpha value is -3.67. The van der Waals surface area contributed by atoms with Crippen LogP contribution in [-0.2, 0) is 14.8 Å². The Labute approximate surface area is 216 Å². The van der Waals surface area contributed by atoms with E-state index in [1.54, 1.807) is 36.4 Å². The number of nitrogens with zero attached hydrogens (tertiary/aromatic N) is 1. The summed E-state index contributed by atoms with van der Waals surface area (Å²) in [5.74, 6) is -1.63. The maximum atomic E-state index is 14.3. The van der Waals surface area contributed by atoms with Crippen LogP contribution in [0.3, 0.4) is 0 Å². The van der Waals surface area contributed by atoms with Crippen molar-refractivity contribution in [1.82, 2.24) is 4.31 Å². The zero-order chi connectivity index (χ0) is 25.3. The van der Waals surface area contributed by atoms with Gasteiger partial charge < -0.3 is 0 Å². The monoisotopic (exact) mass is 513 g/mol. The van der Waals surface area contributed by atoms with Gasteiger partial charge in [-0.2, -0.15) is 0 Å². The quantitative estimate of drug-likeness (QED) is 0.295. The van der Waals surface area contributed by atoms with Gasteiger partial charge in [0.25, 0.3) is 10.0 Å². The Balaban J connectivity index is 1.76. The molecule has 0 radical (unpaired) electrons. The van der Waals surface area contributed by atoms with Gasteiger partial charge in [0.1, 0.15) is 0 Å². The molecule has 0 saturated heterocycles. The van der Waals surface area contributed by atoms with E-state index in [1.807, 2.05) is 85.8 Å². The van der Waals surface area contributed by atoms with E-state index in [1.165, 1.54) is 0 Å². The Morgan fingerprint density at radius 1 is 0.722 bits per heavy atom. The molecule has 4 nitrogen and oxygen atoms in total. The highest BCUT2D eigenvalue weighted by molar-refractivity contribution is 7.90. The maximum absolute atomic E-state index is 14.3. The standard InChI is InChI=1S/C30H24ClNO3S/c1-21-12-18-26(19-13-21)36(34,35)32-28(23-8-4-2-5-9-23)20-27(22-14-16-25(31)17-15-22)29(30(32)33)24-10-6-3-7-11-24/h2-20,27,29H,1H3/t27-,29-/m0/s1. The van der Waals surface area contributed by atoms with Crippen molar-refractivity contribution in [3.05, 3.63) is 143 Å². The number of hydrogen-bond donors (Lipinski definition) is 0. The number of hydrogen-bond acceptors (Lipinski definition) is 3. The first-order valence-corrected chi connectivity index (χ1v) is 13.4. The van der Waals surface area contributed by atoms with Crippen molar-refractivity contribution < 1.29 is 13.2 Å². The lowest BCUT2D eigenvalue weighted by Gasteiger charge is -2.37. The van der Waals surface area contributed by atoms with Gasteiger partial charge in [0.2, 0.25) is 5.91 Å². The first kappa shape index (κ1) is 24.0. The van der Waals surface area contributed by atoms with Crippen molar-refractivity contribution in [2.75, 3.05) is 0 Å². The van der Waals surface area contributed by atoms with Gasteiger partial charge in [-0.05, 0) is 47.9 Å². The summed E-state index contributed by atoms with van der Waals surface area (Å²) in [5.41, 5.74) is 3.54. The second-order valence-electron chi connectivity index (χ2n) is 8.80.